The van der Waals surface area contributed by atoms with Gasteiger partial charge in [-0.25, -0.2) is 13.6 Å². The van der Waals surface area contributed by atoms with Crippen LogP contribution in [0.25, 0.3) is 0 Å². The van der Waals surface area contributed by atoms with Gasteiger partial charge in [-0.05, 0) is 5.56 Å². The van der Waals surface area contributed by atoms with E-state index < -0.39 is 23.5 Å². The van der Waals surface area contributed by atoms with Gasteiger partial charge in [-0.15, -0.1) is 11.6 Å². The summed E-state index contributed by atoms with van der Waals surface area (Å²) >= 11 is 5.49. The Bertz CT molecular complexity index is 469. The van der Waals surface area contributed by atoms with Gasteiger partial charge in [0.2, 0.25) is 0 Å². The Morgan fingerprint density at radius 3 is 2.56 bits per heavy atom. The van der Waals surface area contributed by atoms with Gasteiger partial charge in [0.15, 0.2) is 0 Å². The molecule has 1 aromatic rings. The van der Waals surface area contributed by atoms with Crippen molar-refractivity contribution in [3.05, 3.63) is 34.4 Å². The molecule has 0 saturated carbocycles. The number of carbonyl (C=O) groups is 1. The zero-order chi connectivity index (χ0) is 12.3. The van der Waals surface area contributed by atoms with Gasteiger partial charge in [0.05, 0.1) is 11.1 Å². The number of hydrogen-bond acceptors (Lipinski definition) is 2. The van der Waals surface area contributed by atoms with E-state index >= 15 is 0 Å². The number of halogens is 3. The quantitative estimate of drug-likeness (QED) is 0.833. The molecule has 0 amide bonds. The number of carboxylic acid groups (broad SMARTS) is 1. The van der Waals surface area contributed by atoms with Crippen molar-refractivity contribution in [2.75, 3.05) is 0 Å². The molecule has 84 valence electrons. The molecule has 0 fully saturated rings. The van der Waals surface area contributed by atoms with Crippen molar-refractivity contribution in [3.8, 4) is 6.07 Å². The highest BCUT2D eigenvalue weighted by atomic mass is 35.5. The van der Waals surface area contributed by atoms with Crippen molar-refractivity contribution in [1.29, 1.82) is 5.26 Å². The van der Waals surface area contributed by atoms with E-state index in [4.69, 9.17) is 22.0 Å². The zero-order valence-electron chi connectivity index (χ0n) is 7.88. The largest absolute Gasteiger partial charge is 0.478 e. The Balaban J connectivity index is 3.59. The van der Waals surface area contributed by atoms with Crippen LogP contribution in [0, 0.1) is 11.3 Å². The Morgan fingerprint density at radius 2 is 2.19 bits per heavy atom. The molecule has 0 aromatic heterocycles. The molecule has 3 nitrogen and oxygen atoms in total. The van der Waals surface area contributed by atoms with Crippen LogP contribution in [0.4, 0.5) is 8.78 Å². The lowest BCUT2D eigenvalue weighted by molar-refractivity contribution is 0.0684. The number of nitriles is 1. The maximum Gasteiger partial charge on any atom is 0.337 e. The average molecular weight is 246 g/mol. The predicted octanol–water partition coefficient (Wildman–Crippen LogP) is 2.93. The molecule has 0 aliphatic heterocycles. The van der Waals surface area contributed by atoms with Crippen LogP contribution in [0.15, 0.2) is 12.1 Å². The highest BCUT2D eigenvalue weighted by Crippen LogP contribution is 2.28. The molecule has 1 rings (SSSR count). The minimum atomic E-state index is -2.94. The molecule has 1 N–H and O–H groups in total. The molecule has 0 unspecified atom stereocenters. The van der Waals surface area contributed by atoms with Gasteiger partial charge in [-0.3, -0.25) is 0 Å². The molecule has 0 atom stereocenters. The summed E-state index contributed by atoms with van der Waals surface area (Å²) in [7, 11) is 0. The highest BCUT2D eigenvalue weighted by Gasteiger charge is 2.23. The third-order valence-electron chi connectivity index (χ3n) is 2.03. The third kappa shape index (κ3) is 2.12. The second-order valence-corrected chi connectivity index (χ2v) is 3.18. The van der Waals surface area contributed by atoms with Gasteiger partial charge in [0.1, 0.15) is 6.07 Å². The molecule has 1 aromatic carbocycles. The lowest BCUT2D eigenvalue weighted by Crippen LogP contribution is -2.08. The van der Waals surface area contributed by atoms with Gasteiger partial charge in [0.25, 0.3) is 6.43 Å². The van der Waals surface area contributed by atoms with E-state index in [0.29, 0.717) is 0 Å². The molecule has 0 heterocycles. The molecule has 0 saturated heterocycles. The zero-order valence-corrected chi connectivity index (χ0v) is 8.63. The summed E-state index contributed by atoms with van der Waals surface area (Å²) in [6.45, 7) is 0. The number of rotatable bonds is 3. The Labute approximate surface area is 94.9 Å². The Hall–Kier alpha value is -1.67. The van der Waals surface area contributed by atoms with Crippen molar-refractivity contribution in [2.24, 2.45) is 0 Å². The summed E-state index contributed by atoms with van der Waals surface area (Å²) in [5.74, 6) is -1.66. The van der Waals surface area contributed by atoms with E-state index in [2.05, 4.69) is 0 Å². The number of carboxylic acids is 1. The van der Waals surface area contributed by atoms with Crippen molar-refractivity contribution >= 4 is 17.6 Å². The van der Waals surface area contributed by atoms with Crippen LogP contribution < -0.4 is 0 Å². The van der Waals surface area contributed by atoms with Crippen LogP contribution in [0.1, 0.15) is 33.5 Å². The van der Waals surface area contributed by atoms with Gasteiger partial charge in [0, 0.05) is 11.4 Å². The number of alkyl halides is 3. The number of aromatic carboxylic acids is 1. The predicted molar refractivity (Wildman–Crippen MR) is 52.6 cm³/mol. The molecule has 0 bridgehead atoms. The first-order valence-corrected chi connectivity index (χ1v) is 4.69. The smallest absolute Gasteiger partial charge is 0.337 e. The average Bonchev–Trinajstić information content (AvgIpc) is 2.26. The van der Waals surface area contributed by atoms with Crippen LogP contribution in [-0.2, 0) is 5.88 Å². The summed E-state index contributed by atoms with van der Waals surface area (Å²) in [5.41, 5.74) is -1.42. The maximum atomic E-state index is 12.5. The number of benzene rings is 1. The molecule has 0 radical (unpaired) electrons. The fraction of sp³-hybridized carbons (Fsp3) is 0.200. The van der Waals surface area contributed by atoms with Crippen LogP contribution in [0.5, 0.6) is 0 Å². The van der Waals surface area contributed by atoms with Crippen molar-refractivity contribution in [2.45, 2.75) is 12.3 Å². The SMILES string of the molecule is N#Cc1c(CCl)ccc(C(F)F)c1C(=O)O. The summed E-state index contributed by atoms with van der Waals surface area (Å²) in [6, 6.07) is 3.81. The Morgan fingerprint density at radius 1 is 1.56 bits per heavy atom. The molecular weight excluding hydrogens is 240 g/mol. The normalized spacial score (nSPS) is 10.2. The molecule has 0 aliphatic rings. The number of nitrogens with zero attached hydrogens (tertiary/aromatic N) is 1. The number of hydrogen-bond donors (Lipinski definition) is 1. The van der Waals surface area contributed by atoms with Gasteiger partial charge >= 0.3 is 5.97 Å². The second kappa shape index (κ2) is 4.90. The van der Waals surface area contributed by atoms with Crippen molar-refractivity contribution < 1.29 is 18.7 Å². The van der Waals surface area contributed by atoms with Gasteiger partial charge in [-0.1, -0.05) is 12.1 Å². The summed E-state index contributed by atoms with van der Waals surface area (Å²) in [5, 5.41) is 17.6. The van der Waals surface area contributed by atoms with Gasteiger partial charge in [-0.2, -0.15) is 5.26 Å². The molecule has 0 spiro atoms. The third-order valence-corrected chi connectivity index (χ3v) is 2.32. The fourth-order valence-electron chi connectivity index (χ4n) is 1.31. The maximum absolute atomic E-state index is 12.5. The van der Waals surface area contributed by atoms with E-state index in [1.807, 2.05) is 0 Å². The van der Waals surface area contributed by atoms with Gasteiger partial charge < -0.3 is 5.11 Å². The topological polar surface area (TPSA) is 61.1 Å². The standard InChI is InChI=1S/C10H6ClF2NO2/c11-3-5-1-2-6(9(12)13)8(10(15)16)7(5)4-14/h1-2,9H,3H2,(H,15,16). The van der Waals surface area contributed by atoms with Crippen molar-refractivity contribution in [3.63, 3.8) is 0 Å². The highest BCUT2D eigenvalue weighted by molar-refractivity contribution is 6.17. The van der Waals surface area contributed by atoms with E-state index in [1.54, 1.807) is 6.07 Å². The van der Waals surface area contributed by atoms with E-state index in [1.165, 1.54) is 6.07 Å². The lowest BCUT2D eigenvalue weighted by Gasteiger charge is -2.09. The first-order valence-electron chi connectivity index (χ1n) is 4.16. The van der Waals surface area contributed by atoms with Crippen LogP contribution >= 0.6 is 11.6 Å². The van der Waals surface area contributed by atoms with E-state index in [-0.39, 0.29) is 17.0 Å². The monoisotopic (exact) mass is 245 g/mol. The summed E-state index contributed by atoms with van der Waals surface area (Å²) in [4.78, 5) is 10.8. The minimum absolute atomic E-state index is 0.104. The minimum Gasteiger partial charge on any atom is -0.478 e. The first-order chi connectivity index (χ1) is 7.52. The lowest BCUT2D eigenvalue weighted by atomic mass is 9.97. The summed E-state index contributed by atoms with van der Waals surface area (Å²) < 4.78 is 25.1. The summed E-state index contributed by atoms with van der Waals surface area (Å²) in [6.07, 6.45) is -2.94. The molecule has 6 heteroatoms. The van der Waals surface area contributed by atoms with E-state index in [9.17, 15) is 13.6 Å². The second-order valence-electron chi connectivity index (χ2n) is 2.92. The Kier molecular flexibility index (Phi) is 3.80. The molecular formula is C10H6ClF2NO2. The van der Waals surface area contributed by atoms with Crippen LogP contribution in [0.3, 0.4) is 0 Å². The van der Waals surface area contributed by atoms with Crippen LogP contribution in [-0.4, -0.2) is 11.1 Å². The molecule has 16 heavy (non-hydrogen) atoms. The van der Waals surface area contributed by atoms with Crippen LogP contribution in [0.2, 0.25) is 0 Å². The van der Waals surface area contributed by atoms with Crippen molar-refractivity contribution in [1.82, 2.24) is 0 Å². The van der Waals surface area contributed by atoms with E-state index in [0.717, 1.165) is 6.07 Å². The first kappa shape index (κ1) is 12.4. The fourth-order valence-corrected chi connectivity index (χ4v) is 1.54. The molecule has 0 aliphatic carbocycles.